The van der Waals surface area contributed by atoms with E-state index in [1.165, 1.54) is 0 Å². The minimum Gasteiger partial charge on any atom is -0.495 e. The van der Waals surface area contributed by atoms with E-state index in [4.69, 9.17) is 4.74 Å². The minimum absolute atomic E-state index is 0.0758. The Balaban J connectivity index is 1.95. The molecule has 7 heteroatoms. The number of carbonyl (C=O) groups is 2. The van der Waals surface area contributed by atoms with E-state index in [-0.39, 0.29) is 12.1 Å². The van der Waals surface area contributed by atoms with Gasteiger partial charge in [0.25, 0.3) is 0 Å². The van der Waals surface area contributed by atoms with Gasteiger partial charge in [0, 0.05) is 32.7 Å². The molecule has 1 fully saturated rings. The Morgan fingerprint density at radius 2 is 1.74 bits per heavy atom. The molecule has 0 spiro atoms. The number of aryl methyl sites for hydroxylation is 1. The first-order valence-corrected chi connectivity index (χ1v) is 7.79. The number of piperazine rings is 1. The zero-order valence-corrected chi connectivity index (χ0v) is 13.9. The van der Waals surface area contributed by atoms with Crippen molar-refractivity contribution in [1.29, 1.82) is 0 Å². The molecule has 0 aliphatic carbocycles. The molecule has 0 saturated carbocycles. The second-order valence-corrected chi connectivity index (χ2v) is 5.39. The molecule has 126 valence electrons. The third-order valence-corrected chi connectivity index (χ3v) is 3.87. The van der Waals surface area contributed by atoms with E-state index in [1.807, 2.05) is 32.0 Å². The highest BCUT2D eigenvalue weighted by molar-refractivity contribution is 5.92. The fraction of sp³-hybridized carbons (Fsp3) is 0.500. The van der Waals surface area contributed by atoms with Gasteiger partial charge in [-0.2, -0.15) is 0 Å². The van der Waals surface area contributed by atoms with Gasteiger partial charge in [-0.05, 0) is 25.5 Å². The maximum Gasteiger partial charge on any atom is 0.322 e. The molecule has 23 heavy (non-hydrogen) atoms. The fourth-order valence-electron chi connectivity index (χ4n) is 2.53. The van der Waals surface area contributed by atoms with Crippen LogP contribution in [0.4, 0.5) is 15.3 Å². The fourth-order valence-corrected chi connectivity index (χ4v) is 2.53. The molecular formula is C16H24N4O3. The van der Waals surface area contributed by atoms with Crippen molar-refractivity contribution in [3.05, 3.63) is 23.8 Å². The monoisotopic (exact) mass is 320 g/mol. The number of hydrogen-bond donors (Lipinski definition) is 2. The second-order valence-electron chi connectivity index (χ2n) is 5.39. The van der Waals surface area contributed by atoms with Crippen LogP contribution < -0.4 is 15.4 Å². The predicted octanol–water partition coefficient (Wildman–Crippen LogP) is 1.88. The molecular weight excluding hydrogens is 296 g/mol. The van der Waals surface area contributed by atoms with E-state index in [1.54, 1.807) is 16.9 Å². The molecule has 1 heterocycles. The first kappa shape index (κ1) is 16.9. The molecule has 2 rings (SSSR count). The van der Waals surface area contributed by atoms with Crippen molar-refractivity contribution in [2.75, 3.05) is 45.2 Å². The first-order chi connectivity index (χ1) is 11.1. The lowest BCUT2D eigenvalue weighted by Gasteiger charge is -2.34. The van der Waals surface area contributed by atoms with Gasteiger partial charge in [-0.1, -0.05) is 12.1 Å². The highest BCUT2D eigenvalue weighted by Gasteiger charge is 2.24. The van der Waals surface area contributed by atoms with Gasteiger partial charge in [0.15, 0.2) is 0 Å². The number of anilines is 1. The lowest BCUT2D eigenvalue weighted by atomic mass is 10.2. The summed E-state index contributed by atoms with van der Waals surface area (Å²) in [5.41, 5.74) is 1.63. The largest absolute Gasteiger partial charge is 0.495 e. The summed E-state index contributed by atoms with van der Waals surface area (Å²) in [6.07, 6.45) is 0. The van der Waals surface area contributed by atoms with E-state index in [0.717, 1.165) is 5.56 Å². The van der Waals surface area contributed by atoms with Gasteiger partial charge in [0.1, 0.15) is 5.75 Å². The summed E-state index contributed by atoms with van der Waals surface area (Å²) in [7, 11) is 1.58. The topological polar surface area (TPSA) is 73.9 Å². The summed E-state index contributed by atoms with van der Waals surface area (Å²) >= 11 is 0. The molecule has 1 saturated heterocycles. The van der Waals surface area contributed by atoms with E-state index >= 15 is 0 Å². The van der Waals surface area contributed by atoms with E-state index in [9.17, 15) is 9.59 Å². The summed E-state index contributed by atoms with van der Waals surface area (Å²) in [6, 6.07) is 5.37. The van der Waals surface area contributed by atoms with Crippen LogP contribution in [0.1, 0.15) is 12.5 Å². The second kappa shape index (κ2) is 7.71. The molecule has 1 aliphatic heterocycles. The van der Waals surface area contributed by atoms with Gasteiger partial charge in [0.2, 0.25) is 0 Å². The standard InChI is InChI=1S/C16H24N4O3/c1-4-17-15(21)19-8-10-20(11-9-19)16(22)18-14-12(2)6-5-7-13(14)23-3/h5-7H,4,8-11H2,1-3H3,(H,17,21)(H,18,22). The van der Waals surface area contributed by atoms with Crippen LogP contribution in [0.25, 0.3) is 0 Å². The molecule has 1 aromatic carbocycles. The lowest BCUT2D eigenvalue weighted by Crippen LogP contribution is -2.54. The van der Waals surface area contributed by atoms with E-state index < -0.39 is 0 Å². The van der Waals surface area contributed by atoms with Crippen molar-refractivity contribution in [3.63, 3.8) is 0 Å². The van der Waals surface area contributed by atoms with Crippen LogP contribution in [-0.2, 0) is 0 Å². The Bertz CT molecular complexity index is 568. The Morgan fingerprint density at radius 3 is 2.30 bits per heavy atom. The molecule has 0 radical (unpaired) electrons. The molecule has 2 N–H and O–H groups in total. The van der Waals surface area contributed by atoms with Crippen molar-refractivity contribution in [2.24, 2.45) is 0 Å². The number of nitrogens with one attached hydrogen (secondary N) is 2. The highest BCUT2D eigenvalue weighted by Crippen LogP contribution is 2.27. The van der Waals surface area contributed by atoms with Crippen molar-refractivity contribution < 1.29 is 14.3 Å². The average molecular weight is 320 g/mol. The third-order valence-electron chi connectivity index (χ3n) is 3.87. The SMILES string of the molecule is CCNC(=O)N1CCN(C(=O)Nc2c(C)cccc2OC)CC1. The van der Waals surface area contributed by atoms with Gasteiger partial charge < -0.3 is 25.2 Å². The molecule has 1 aromatic rings. The maximum atomic E-state index is 12.4. The smallest absolute Gasteiger partial charge is 0.322 e. The molecule has 0 aromatic heterocycles. The zero-order chi connectivity index (χ0) is 16.8. The number of hydrogen-bond acceptors (Lipinski definition) is 3. The molecule has 0 atom stereocenters. The Morgan fingerprint density at radius 1 is 1.13 bits per heavy atom. The van der Waals surface area contributed by atoms with Crippen molar-refractivity contribution in [2.45, 2.75) is 13.8 Å². The van der Waals surface area contributed by atoms with E-state index in [2.05, 4.69) is 10.6 Å². The number of amides is 4. The normalized spacial score (nSPS) is 14.4. The van der Waals surface area contributed by atoms with Gasteiger partial charge in [-0.3, -0.25) is 0 Å². The zero-order valence-electron chi connectivity index (χ0n) is 13.9. The first-order valence-electron chi connectivity index (χ1n) is 7.79. The summed E-state index contributed by atoms with van der Waals surface area (Å²) in [4.78, 5) is 27.6. The number of benzene rings is 1. The molecule has 4 amide bonds. The van der Waals surface area contributed by atoms with Gasteiger partial charge in [-0.15, -0.1) is 0 Å². The van der Waals surface area contributed by atoms with Crippen molar-refractivity contribution in [1.82, 2.24) is 15.1 Å². The summed E-state index contributed by atoms with van der Waals surface area (Å²) in [5, 5.41) is 5.68. The van der Waals surface area contributed by atoms with Gasteiger partial charge in [0.05, 0.1) is 12.8 Å². The number of nitrogens with zero attached hydrogens (tertiary/aromatic N) is 2. The summed E-state index contributed by atoms with van der Waals surface area (Å²) in [5.74, 6) is 0.638. The number of methoxy groups -OCH3 is 1. The van der Waals surface area contributed by atoms with Gasteiger partial charge >= 0.3 is 12.1 Å². The van der Waals surface area contributed by atoms with Crippen molar-refractivity contribution in [3.8, 4) is 5.75 Å². The van der Waals surface area contributed by atoms with Gasteiger partial charge in [-0.25, -0.2) is 9.59 Å². The lowest BCUT2D eigenvalue weighted by molar-refractivity contribution is 0.149. The Kier molecular flexibility index (Phi) is 5.67. The van der Waals surface area contributed by atoms with Crippen LogP contribution in [0.2, 0.25) is 0 Å². The molecule has 1 aliphatic rings. The third kappa shape index (κ3) is 4.06. The number of urea groups is 2. The van der Waals surface area contributed by atoms with Crippen LogP contribution >= 0.6 is 0 Å². The maximum absolute atomic E-state index is 12.4. The van der Waals surface area contributed by atoms with Crippen LogP contribution in [-0.4, -0.2) is 61.7 Å². The predicted molar refractivity (Wildman–Crippen MR) is 89.0 cm³/mol. The Labute approximate surface area is 136 Å². The highest BCUT2D eigenvalue weighted by atomic mass is 16.5. The van der Waals surface area contributed by atoms with Crippen LogP contribution in [0.3, 0.4) is 0 Å². The number of rotatable bonds is 3. The summed E-state index contributed by atoms with van der Waals surface area (Å²) in [6.45, 7) is 6.50. The number of ether oxygens (including phenoxy) is 1. The Hall–Kier alpha value is -2.44. The average Bonchev–Trinajstić information content (AvgIpc) is 2.57. The van der Waals surface area contributed by atoms with Crippen molar-refractivity contribution >= 4 is 17.7 Å². The minimum atomic E-state index is -0.173. The van der Waals surface area contributed by atoms with E-state index in [0.29, 0.717) is 44.2 Å². The van der Waals surface area contributed by atoms with Crippen LogP contribution in [0, 0.1) is 6.92 Å². The molecule has 0 unspecified atom stereocenters. The summed E-state index contributed by atoms with van der Waals surface area (Å²) < 4.78 is 5.30. The molecule has 0 bridgehead atoms. The molecule has 7 nitrogen and oxygen atoms in total. The number of para-hydroxylation sites is 1. The quantitative estimate of drug-likeness (QED) is 0.893. The number of carbonyl (C=O) groups excluding carboxylic acids is 2. The van der Waals surface area contributed by atoms with Crippen LogP contribution in [0.5, 0.6) is 5.75 Å². The van der Waals surface area contributed by atoms with Crippen LogP contribution in [0.15, 0.2) is 18.2 Å².